The summed E-state index contributed by atoms with van der Waals surface area (Å²) in [6.07, 6.45) is -0.487. The highest BCUT2D eigenvalue weighted by atomic mass is 19.3. The summed E-state index contributed by atoms with van der Waals surface area (Å²) in [6.45, 7) is 0.0109. The van der Waals surface area contributed by atoms with Gasteiger partial charge in [-0.05, 0) is 18.8 Å². The SMILES string of the molecule is OCc1nnn(CC2CC2)c1C(F)F. The minimum absolute atomic E-state index is 0.0133. The zero-order valence-corrected chi connectivity index (χ0v) is 7.53. The Labute approximate surface area is 79.5 Å². The van der Waals surface area contributed by atoms with Crippen LogP contribution in [0.25, 0.3) is 0 Å². The van der Waals surface area contributed by atoms with Crippen molar-refractivity contribution in [1.29, 1.82) is 0 Å². The van der Waals surface area contributed by atoms with E-state index in [1.54, 1.807) is 0 Å². The maximum absolute atomic E-state index is 12.6. The third-order valence-corrected chi connectivity index (χ3v) is 2.33. The Hall–Kier alpha value is -1.04. The van der Waals surface area contributed by atoms with E-state index >= 15 is 0 Å². The van der Waals surface area contributed by atoms with E-state index < -0.39 is 13.0 Å². The van der Waals surface area contributed by atoms with E-state index in [4.69, 9.17) is 5.11 Å². The van der Waals surface area contributed by atoms with Crippen LogP contribution in [0.2, 0.25) is 0 Å². The van der Waals surface area contributed by atoms with Gasteiger partial charge in [0.25, 0.3) is 6.43 Å². The van der Waals surface area contributed by atoms with Crippen LogP contribution >= 0.6 is 0 Å². The van der Waals surface area contributed by atoms with Crippen LogP contribution in [0.15, 0.2) is 0 Å². The first-order valence-corrected chi connectivity index (χ1v) is 4.53. The van der Waals surface area contributed by atoms with Crippen molar-refractivity contribution in [2.75, 3.05) is 0 Å². The van der Waals surface area contributed by atoms with Crippen LogP contribution in [0.4, 0.5) is 8.78 Å². The van der Waals surface area contributed by atoms with Crippen molar-refractivity contribution < 1.29 is 13.9 Å². The van der Waals surface area contributed by atoms with E-state index in [0.717, 1.165) is 12.8 Å². The summed E-state index contributed by atoms with van der Waals surface area (Å²) >= 11 is 0. The van der Waals surface area contributed by atoms with Gasteiger partial charge in [0.1, 0.15) is 11.4 Å². The topological polar surface area (TPSA) is 50.9 Å². The number of hydrogen-bond donors (Lipinski definition) is 1. The number of rotatable bonds is 4. The minimum Gasteiger partial charge on any atom is -0.390 e. The van der Waals surface area contributed by atoms with Crippen LogP contribution in [0, 0.1) is 5.92 Å². The minimum atomic E-state index is -2.62. The zero-order chi connectivity index (χ0) is 10.1. The van der Waals surface area contributed by atoms with Crippen LogP contribution in [0.1, 0.15) is 30.7 Å². The van der Waals surface area contributed by atoms with Crippen LogP contribution in [0.3, 0.4) is 0 Å². The van der Waals surface area contributed by atoms with Gasteiger partial charge >= 0.3 is 0 Å². The molecule has 1 fully saturated rings. The van der Waals surface area contributed by atoms with Gasteiger partial charge in [-0.15, -0.1) is 5.10 Å². The lowest BCUT2D eigenvalue weighted by Gasteiger charge is -2.04. The summed E-state index contributed by atoms with van der Waals surface area (Å²) in [5.74, 6) is 0.459. The van der Waals surface area contributed by atoms with E-state index in [2.05, 4.69) is 10.3 Å². The Balaban J connectivity index is 2.23. The van der Waals surface area contributed by atoms with Gasteiger partial charge in [-0.25, -0.2) is 13.5 Å². The van der Waals surface area contributed by atoms with Gasteiger partial charge in [0.15, 0.2) is 0 Å². The fraction of sp³-hybridized carbons (Fsp3) is 0.750. The van der Waals surface area contributed by atoms with E-state index in [1.807, 2.05) is 0 Å². The number of aromatic nitrogens is 3. The number of hydrogen-bond acceptors (Lipinski definition) is 3. The predicted molar refractivity (Wildman–Crippen MR) is 43.6 cm³/mol. The molecule has 0 saturated heterocycles. The van der Waals surface area contributed by atoms with Crippen molar-refractivity contribution in [2.45, 2.75) is 32.4 Å². The second kappa shape index (κ2) is 3.61. The second-order valence-electron chi connectivity index (χ2n) is 3.51. The summed E-state index contributed by atoms with van der Waals surface area (Å²) < 4.78 is 26.4. The van der Waals surface area contributed by atoms with E-state index in [-0.39, 0.29) is 11.4 Å². The highest BCUT2D eigenvalue weighted by Gasteiger charge is 2.27. The Morgan fingerprint density at radius 3 is 2.71 bits per heavy atom. The Kier molecular flexibility index (Phi) is 2.45. The van der Waals surface area contributed by atoms with Crippen molar-refractivity contribution in [3.8, 4) is 0 Å². The molecule has 4 nitrogen and oxygen atoms in total. The Morgan fingerprint density at radius 2 is 2.21 bits per heavy atom. The van der Waals surface area contributed by atoms with Gasteiger partial charge < -0.3 is 5.11 Å². The molecule has 0 radical (unpaired) electrons. The summed E-state index contributed by atoms with van der Waals surface area (Å²) in [5, 5.41) is 15.9. The monoisotopic (exact) mass is 203 g/mol. The van der Waals surface area contributed by atoms with Crippen molar-refractivity contribution in [1.82, 2.24) is 15.0 Å². The van der Waals surface area contributed by atoms with Gasteiger partial charge in [0.2, 0.25) is 0 Å². The quantitative estimate of drug-likeness (QED) is 0.797. The summed E-state index contributed by atoms with van der Waals surface area (Å²) in [7, 11) is 0. The molecular weight excluding hydrogens is 192 g/mol. The summed E-state index contributed by atoms with van der Waals surface area (Å²) in [4.78, 5) is 0. The molecule has 0 aliphatic heterocycles. The lowest BCUT2D eigenvalue weighted by molar-refractivity contribution is 0.134. The standard InChI is InChI=1S/C8H11F2N3O/c9-8(10)7-6(4-14)11-12-13(7)3-5-1-2-5/h5,8,14H,1-4H2. The van der Waals surface area contributed by atoms with E-state index in [1.165, 1.54) is 4.68 Å². The first-order valence-electron chi connectivity index (χ1n) is 4.53. The molecule has 1 aromatic rings. The molecule has 1 aliphatic carbocycles. The van der Waals surface area contributed by atoms with Gasteiger partial charge in [-0.1, -0.05) is 5.21 Å². The molecule has 1 N–H and O–H groups in total. The zero-order valence-electron chi connectivity index (χ0n) is 7.53. The largest absolute Gasteiger partial charge is 0.390 e. The highest BCUT2D eigenvalue weighted by molar-refractivity contribution is 5.10. The Bertz CT molecular complexity index is 322. The normalized spacial score (nSPS) is 16.6. The number of nitrogens with zero attached hydrogens (tertiary/aromatic N) is 3. The van der Waals surface area contributed by atoms with Crippen LogP contribution in [-0.4, -0.2) is 20.1 Å². The number of aliphatic hydroxyl groups excluding tert-OH is 1. The number of aliphatic hydroxyl groups is 1. The first kappa shape index (κ1) is 9.51. The van der Waals surface area contributed by atoms with Gasteiger partial charge in [0, 0.05) is 6.54 Å². The van der Waals surface area contributed by atoms with Gasteiger partial charge in [-0.2, -0.15) is 0 Å². The molecule has 0 aromatic carbocycles. The van der Waals surface area contributed by atoms with Crippen molar-refractivity contribution in [3.05, 3.63) is 11.4 Å². The smallest absolute Gasteiger partial charge is 0.282 e. The molecule has 0 spiro atoms. The Morgan fingerprint density at radius 1 is 1.50 bits per heavy atom. The second-order valence-corrected chi connectivity index (χ2v) is 3.51. The van der Waals surface area contributed by atoms with E-state index in [0.29, 0.717) is 12.5 Å². The lowest BCUT2D eigenvalue weighted by atomic mass is 10.3. The average molecular weight is 203 g/mol. The van der Waals surface area contributed by atoms with E-state index in [9.17, 15) is 8.78 Å². The molecule has 14 heavy (non-hydrogen) atoms. The van der Waals surface area contributed by atoms with Crippen molar-refractivity contribution in [2.24, 2.45) is 5.92 Å². The van der Waals surface area contributed by atoms with Gasteiger partial charge in [-0.3, -0.25) is 0 Å². The fourth-order valence-electron chi connectivity index (χ4n) is 1.39. The molecule has 1 aliphatic rings. The number of halogens is 2. The third-order valence-electron chi connectivity index (χ3n) is 2.33. The number of alkyl halides is 2. The van der Waals surface area contributed by atoms with Gasteiger partial charge in [0.05, 0.1) is 6.61 Å². The average Bonchev–Trinajstić information content (AvgIpc) is 2.83. The molecule has 78 valence electrons. The van der Waals surface area contributed by atoms with Crippen LogP contribution in [-0.2, 0) is 13.2 Å². The molecule has 6 heteroatoms. The molecule has 0 bridgehead atoms. The predicted octanol–water partition coefficient (Wildman–Crippen LogP) is 1.12. The van der Waals surface area contributed by atoms with Crippen molar-refractivity contribution >= 4 is 0 Å². The molecule has 0 unspecified atom stereocenters. The molecular formula is C8H11F2N3O. The van der Waals surface area contributed by atoms with Crippen molar-refractivity contribution in [3.63, 3.8) is 0 Å². The molecule has 0 atom stereocenters. The maximum atomic E-state index is 12.6. The lowest BCUT2D eigenvalue weighted by Crippen LogP contribution is -2.08. The summed E-state index contributed by atoms with van der Waals surface area (Å²) in [6, 6.07) is 0. The maximum Gasteiger partial charge on any atom is 0.282 e. The third kappa shape index (κ3) is 1.75. The summed E-state index contributed by atoms with van der Waals surface area (Å²) in [5.41, 5.74) is -0.250. The molecule has 0 amide bonds. The molecule has 1 saturated carbocycles. The molecule has 2 rings (SSSR count). The molecule has 1 heterocycles. The highest BCUT2D eigenvalue weighted by Crippen LogP contribution is 2.32. The first-order chi connectivity index (χ1) is 6.72. The molecule has 1 aromatic heterocycles. The fourth-order valence-corrected chi connectivity index (χ4v) is 1.39. The van der Waals surface area contributed by atoms with Crippen LogP contribution in [0.5, 0.6) is 0 Å². The van der Waals surface area contributed by atoms with Crippen LogP contribution < -0.4 is 0 Å².